The van der Waals surface area contributed by atoms with Crippen LogP contribution in [0.1, 0.15) is 5.56 Å². The molecule has 0 N–H and O–H groups in total. The summed E-state index contributed by atoms with van der Waals surface area (Å²) < 4.78 is 33.7. The summed E-state index contributed by atoms with van der Waals surface area (Å²) in [5, 5.41) is 0.809. The third-order valence-electron chi connectivity index (χ3n) is 4.59. The van der Waals surface area contributed by atoms with Gasteiger partial charge in [-0.25, -0.2) is 12.4 Å². The van der Waals surface area contributed by atoms with E-state index in [4.69, 9.17) is 4.74 Å². The molecule has 4 aromatic rings. The number of aryl methyl sites for hydroxylation is 1. The quantitative estimate of drug-likeness (QED) is 0.510. The highest BCUT2D eigenvalue weighted by Gasteiger charge is 2.24. The molecule has 0 unspecified atom stereocenters. The van der Waals surface area contributed by atoms with Crippen LogP contribution in [0.4, 0.5) is 0 Å². The van der Waals surface area contributed by atoms with Crippen LogP contribution < -0.4 is 4.74 Å². The number of aromatic nitrogens is 1. The summed E-state index contributed by atoms with van der Waals surface area (Å²) in [5.74, 6) is 0.687. The first-order chi connectivity index (χ1) is 13.0. The van der Waals surface area contributed by atoms with Crippen LogP contribution in [0.3, 0.4) is 0 Å². The third-order valence-corrected chi connectivity index (χ3v) is 6.34. The van der Waals surface area contributed by atoms with Crippen molar-refractivity contribution >= 4 is 20.9 Å². The monoisotopic (exact) mass is 377 g/mol. The van der Waals surface area contributed by atoms with E-state index in [0.29, 0.717) is 17.0 Å². The lowest BCUT2D eigenvalue weighted by atomic mass is 10.1. The molecule has 0 fully saturated rings. The Morgan fingerprint density at radius 1 is 0.852 bits per heavy atom. The summed E-state index contributed by atoms with van der Waals surface area (Å²) in [6, 6.07) is 23.7. The van der Waals surface area contributed by atoms with Crippen LogP contribution in [0.25, 0.3) is 22.2 Å². The largest absolute Gasteiger partial charge is 0.497 e. The van der Waals surface area contributed by atoms with Crippen molar-refractivity contribution in [3.63, 3.8) is 0 Å². The van der Waals surface area contributed by atoms with Gasteiger partial charge in [-0.15, -0.1) is 0 Å². The van der Waals surface area contributed by atoms with Crippen LogP contribution in [0.2, 0.25) is 0 Å². The summed E-state index contributed by atoms with van der Waals surface area (Å²) >= 11 is 0. The van der Waals surface area contributed by atoms with Gasteiger partial charge in [-0.2, -0.15) is 0 Å². The van der Waals surface area contributed by atoms with E-state index in [1.165, 1.54) is 3.97 Å². The van der Waals surface area contributed by atoms with E-state index < -0.39 is 10.0 Å². The van der Waals surface area contributed by atoms with E-state index in [1.54, 1.807) is 31.4 Å². The first-order valence-corrected chi connectivity index (χ1v) is 10.0. The lowest BCUT2D eigenvalue weighted by Gasteiger charge is -2.12. The first kappa shape index (κ1) is 17.4. The van der Waals surface area contributed by atoms with Gasteiger partial charge < -0.3 is 4.74 Å². The number of hydrogen-bond acceptors (Lipinski definition) is 3. The lowest BCUT2D eigenvalue weighted by molar-refractivity contribution is 0.415. The molecule has 4 rings (SSSR count). The molecular weight excluding hydrogens is 358 g/mol. The Kier molecular flexibility index (Phi) is 4.24. The molecule has 1 aromatic heterocycles. The van der Waals surface area contributed by atoms with E-state index in [0.717, 1.165) is 16.5 Å². The number of ether oxygens (including phenoxy) is 1. The van der Waals surface area contributed by atoms with E-state index in [-0.39, 0.29) is 4.90 Å². The molecule has 0 saturated heterocycles. The van der Waals surface area contributed by atoms with E-state index in [2.05, 4.69) is 0 Å². The molecule has 0 amide bonds. The maximum atomic E-state index is 13.5. The summed E-state index contributed by atoms with van der Waals surface area (Å²) in [6.07, 6.45) is 0. The van der Waals surface area contributed by atoms with Crippen molar-refractivity contribution in [3.8, 4) is 17.0 Å². The lowest BCUT2D eigenvalue weighted by Crippen LogP contribution is -2.14. The molecule has 0 bridgehead atoms. The van der Waals surface area contributed by atoms with Gasteiger partial charge in [0.1, 0.15) is 5.75 Å². The molecule has 0 spiro atoms. The van der Waals surface area contributed by atoms with E-state index in [9.17, 15) is 8.42 Å². The Balaban J connectivity index is 2.04. The van der Waals surface area contributed by atoms with Crippen molar-refractivity contribution in [2.45, 2.75) is 11.8 Å². The standard InChI is InChI=1S/C22H19NO3S/c1-16-8-11-20(12-9-16)27(24,25)23-21-13-10-19(26-2)14-18(21)15-22(23)17-6-4-3-5-7-17/h3-15H,1-2H3. The Hall–Kier alpha value is -3.05. The van der Waals surface area contributed by atoms with E-state index in [1.807, 2.05) is 61.5 Å². The Morgan fingerprint density at radius 3 is 2.22 bits per heavy atom. The Morgan fingerprint density at radius 2 is 1.56 bits per heavy atom. The van der Waals surface area contributed by atoms with Gasteiger partial charge in [0.15, 0.2) is 0 Å². The summed E-state index contributed by atoms with van der Waals surface area (Å²) in [7, 11) is -2.16. The Labute approximate surface area is 158 Å². The number of benzene rings is 3. The van der Waals surface area contributed by atoms with Crippen molar-refractivity contribution in [2.75, 3.05) is 7.11 Å². The molecule has 0 aliphatic rings. The molecule has 0 saturated carbocycles. The normalized spacial score (nSPS) is 11.6. The van der Waals surface area contributed by atoms with Crippen molar-refractivity contribution in [1.82, 2.24) is 3.97 Å². The number of nitrogens with zero attached hydrogens (tertiary/aromatic N) is 1. The summed E-state index contributed by atoms with van der Waals surface area (Å²) in [5.41, 5.74) is 3.09. The molecule has 0 aliphatic heterocycles. The molecule has 136 valence electrons. The highest BCUT2D eigenvalue weighted by atomic mass is 32.2. The molecule has 4 nitrogen and oxygen atoms in total. The minimum atomic E-state index is -3.76. The third kappa shape index (κ3) is 3.00. The molecule has 0 atom stereocenters. The molecule has 0 aliphatic carbocycles. The number of fused-ring (bicyclic) bond motifs is 1. The SMILES string of the molecule is COc1ccc2c(c1)cc(-c1ccccc1)n2S(=O)(=O)c1ccc(C)cc1. The van der Waals surface area contributed by atoms with Gasteiger partial charge in [-0.3, -0.25) is 0 Å². The molecule has 27 heavy (non-hydrogen) atoms. The van der Waals surface area contributed by atoms with Crippen molar-refractivity contribution in [2.24, 2.45) is 0 Å². The molecule has 1 heterocycles. The average molecular weight is 377 g/mol. The van der Waals surface area contributed by atoms with Crippen molar-refractivity contribution in [3.05, 3.63) is 84.4 Å². The molecular formula is C22H19NO3S. The topological polar surface area (TPSA) is 48.3 Å². The predicted octanol–water partition coefficient (Wildman–Crippen LogP) is 4.86. The van der Waals surface area contributed by atoms with Crippen molar-refractivity contribution < 1.29 is 13.2 Å². The maximum absolute atomic E-state index is 13.5. The van der Waals surface area contributed by atoms with E-state index >= 15 is 0 Å². The minimum Gasteiger partial charge on any atom is -0.497 e. The van der Waals surface area contributed by atoms with Gasteiger partial charge in [0.05, 0.1) is 23.2 Å². The predicted molar refractivity (Wildman–Crippen MR) is 108 cm³/mol. The van der Waals surface area contributed by atoms with Crippen LogP contribution in [-0.4, -0.2) is 19.5 Å². The van der Waals surface area contributed by atoms with Crippen LogP contribution in [0, 0.1) is 6.92 Å². The zero-order valence-electron chi connectivity index (χ0n) is 15.1. The van der Waals surface area contributed by atoms with Gasteiger partial charge >= 0.3 is 0 Å². The maximum Gasteiger partial charge on any atom is 0.268 e. The summed E-state index contributed by atoms with van der Waals surface area (Å²) in [4.78, 5) is 0.263. The second-order valence-corrected chi connectivity index (χ2v) is 8.19. The smallest absolute Gasteiger partial charge is 0.268 e. The first-order valence-electron chi connectivity index (χ1n) is 8.58. The van der Waals surface area contributed by atoms with Gasteiger partial charge in [-0.05, 0) is 48.9 Å². The summed E-state index contributed by atoms with van der Waals surface area (Å²) in [6.45, 7) is 1.93. The molecule has 3 aromatic carbocycles. The second kappa shape index (κ2) is 6.59. The zero-order valence-corrected chi connectivity index (χ0v) is 15.9. The fourth-order valence-corrected chi connectivity index (χ4v) is 4.71. The van der Waals surface area contributed by atoms with Crippen LogP contribution in [-0.2, 0) is 10.0 Å². The number of hydrogen-bond donors (Lipinski definition) is 0. The molecule has 5 heteroatoms. The fourth-order valence-electron chi connectivity index (χ4n) is 3.18. The second-order valence-electron chi connectivity index (χ2n) is 6.40. The highest BCUT2D eigenvalue weighted by molar-refractivity contribution is 7.90. The Bertz CT molecular complexity index is 1210. The van der Waals surface area contributed by atoms with Gasteiger partial charge in [0.2, 0.25) is 0 Å². The minimum absolute atomic E-state index is 0.263. The van der Waals surface area contributed by atoms with Gasteiger partial charge in [0.25, 0.3) is 10.0 Å². The van der Waals surface area contributed by atoms with Crippen LogP contribution in [0.15, 0.2) is 83.8 Å². The fraction of sp³-hybridized carbons (Fsp3) is 0.0909. The molecule has 0 radical (unpaired) electrons. The zero-order chi connectivity index (χ0) is 19.0. The highest BCUT2D eigenvalue weighted by Crippen LogP contribution is 2.34. The van der Waals surface area contributed by atoms with Crippen LogP contribution >= 0.6 is 0 Å². The number of rotatable bonds is 4. The number of methoxy groups -OCH3 is 1. The average Bonchev–Trinajstić information content (AvgIpc) is 3.08. The van der Waals surface area contributed by atoms with Gasteiger partial charge in [0, 0.05) is 5.39 Å². The van der Waals surface area contributed by atoms with Crippen molar-refractivity contribution in [1.29, 1.82) is 0 Å². The van der Waals surface area contributed by atoms with Crippen LogP contribution in [0.5, 0.6) is 5.75 Å². The van der Waals surface area contributed by atoms with Gasteiger partial charge in [-0.1, -0.05) is 48.0 Å².